The van der Waals surface area contributed by atoms with Gasteiger partial charge in [0.25, 0.3) is 0 Å². The number of tetrazole rings is 1. The summed E-state index contributed by atoms with van der Waals surface area (Å²) in [6.45, 7) is 3.83. The number of para-hydroxylation sites is 2. The predicted molar refractivity (Wildman–Crippen MR) is 116 cm³/mol. The van der Waals surface area contributed by atoms with Crippen LogP contribution in [0.1, 0.15) is 17.5 Å². The molecule has 1 aliphatic heterocycles. The summed E-state index contributed by atoms with van der Waals surface area (Å²) in [5.74, 6) is -1.99. The summed E-state index contributed by atoms with van der Waals surface area (Å²) in [4.78, 5) is 25.9. The normalized spacial score (nSPS) is 16.2. The molecule has 1 atom stereocenters. The smallest absolute Gasteiger partial charge is 0.324 e. The van der Waals surface area contributed by atoms with Gasteiger partial charge in [0, 0.05) is 0 Å². The van der Waals surface area contributed by atoms with Crippen LogP contribution in [0.4, 0.5) is 24.5 Å². The summed E-state index contributed by atoms with van der Waals surface area (Å²) in [7, 11) is 0. The van der Waals surface area contributed by atoms with Gasteiger partial charge in [-0.05, 0) is 48.0 Å². The largest absolute Gasteiger partial charge is 0.409 e. The van der Waals surface area contributed by atoms with Crippen molar-refractivity contribution in [2.45, 2.75) is 37.6 Å². The zero-order valence-electron chi connectivity index (χ0n) is 17.6. The third-order valence-corrected chi connectivity index (χ3v) is 6.02. The van der Waals surface area contributed by atoms with E-state index in [1.54, 1.807) is 6.07 Å². The van der Waals surface area contributed by atoms with Gasteiger partial charge in [0.15, 0.2) is 0 Å². The average molecular weight is 476 g/mol. The second-order valence-electron chi connectivity index (χ2n) is 7.54. The van der Waals surface area contributed by atoms with Crippen LogP contribution in [0.3, 0.4) is 0 Å². The van der Waals surface area contributed by atoms with Gasteiger partial charge in [-0.15, -0.1) is 5.10 Å². The maximum Gasteiger partial charge on any atom is 0.409 e. The molecule has 2 aromatic carbocycles. The number of aryl methyl sites for hydroxylation is 2. The highest BCUT2D eigenvalue weighted by Crippen LogP contribution is 2.38. The van der Waals surface area contributed by atoms with E-state index in [-0.39, 0.29) is 22.3 Å². The summed E-state index contributed by atoms with van der Waals surface area (Å²) >= 11 is 0.921. The molecule has 0 aliphatic carbocycles. The van der Waals surface area contributed by atoms with E-state index in [9.17, 15) is 22.8 Å². The van der Waals surface area contributed by atoms with Crippen molar-refractivity contribution in [3.63, 3.8) is 0 Å². The minimum Gasteiger partial charge on any atom is -0.324 e. The number of hydrogen-bond donors (Lipinski definition) is 1. The van der Waals surface area contributed by atoms with Gasteiger partial charge >= 0.3 is 6.18 Å². The molecule has 1 aliphatic rings. The quantitative estimate of drug-likeness (QED) is 0.578. The standard InChI is InChI=1S/C21H19F3N6O2S/c1-12-7-8-15(13(2)9-12)30-20(26-27-28-30)33-11-19(32)29-16-6-4-3-5-14(16)25-18(31)10-17(29)21(22,23)24/h3-9,17H,10-11H2,1-2H3,(H,25,31). The minimum atomic E-state index is -4.80. The number of anilines is 2. The fourth-order valence-corrected chi connectivity index (χ4v) is 4.40. The summed E-state index contributed by atoms with van der Waals surface area (Å²) in [5.41, 5.74) is 2.79. The molecule has 1 unspecified atom stereocenters. The monoisotopic (exact) mass is 476 g/mol. The number of rotatable bonds is 4. The molecular formula is C21H19F3N6O2S. The SMILES string of the molecule is Cc1ccc(-n2nnnc2SCC(=O)N2c3ccccc3NC(=O)CC2C(F)(F)F)c(C)c1. The Morgan fingerprint density at radius 1 is 1.18 bits per heavy atom. The fraction of sp³-hybridized carbons (Fsp3) is 0.286. The number of nitrogens with zero attached hydrogens (tertiary/aromatic N) is 5. The molecule has 2 heterocycles. The lowest BCUT2D eigenvalue weighted by Crippen LogP contribution is -2.50. The Bertz CT molecular complexity index is 1210. The molecule has 0 spiro atoms. The molecule has 0 bridgehead atoms. The van der Waals surface area contributed by atoms with Crippen molar-refractivity contribution in [1.29, 1.82) is 0 Å². The fourth-order valence-electron chi connectivity index (χ4n) is 3.65. The molecule has 1 aromatic heterocycles. The van der Waals surface area contributed by atoms with Crippen LogP contribution in [-0.2, 0) is 9.59 Å². The zero-order valence-corrected chi connectivity index (χ0v) is 18.4. The summed E-state index contributed by atoms with van der Waals surface area (Å²) < 4.78 is 43.0. The molecule has 2 amide bonds. The molecule has 1 N–H and O–H groups in total. The van der Waals surface area contributed by atoms with Crippen molar-refractivity contribution in [1.82, 2.24) is 20.2 Å². The lowest BCUT2D eigenvalue weighted by Gasteiger charge is -2.31. The van der Waals surface area contributed by atoms with Crippen molar-refractivity contribution in [3.8, 4) is 5.69 Å². The van der Waals surface area contributed by atoms with Crippen molar-refractivity contribution >= 4 is 35.0 Å². The molecule has 0 fully saturated rings. The van der Waals surface area contributed by atoms with Gasteiger partial charge in [-0.2, -0.15) is 17.9 Å². The maximum absolute atomic E-state index is 13.9. The molecule has 33 heavy (non-hydrogen) atoms. The summed E-state index contributed by atoms with van der Waals surface area (Å²) in [5, 5.41) is 14.2. The molecular weight excluding hydrogens is 457 g/mol. The highest BCUT2D eigenvalue weighted by atomic mass is 32.2. The van der Waals surface area contributed by atoms with Gasteiger partial charge < -0.3 is 5.32 Å². The summed E-state index contributed by atoms with van der Waals surface area (Å²) in [6.07, 6.45) is -5.69. The van der Waals surface area contributed by atoms with Crippen LogP contribution in [0, 0.1) is 13.8 Å². The molecule has 8 nitrogen and oxygen atoms in total. The molecule has 0 saturated carbocycles. The van der Waals surface area contributed by atoms with Crippen LogP contribution in [0.2, 0.25) is 0 Å². The van der Waals surface area contributed by atoms with Crippen LogP contribution in [0.15, 0.2) is 47.6 Å². The highest BCUT2D eigenvalue weighted by Gasteiger charge is 2.49. The number of fused-ring (bicyclic) bond motifs is 1. The van der Waals surface area contributed by atoms with Crippen molar-refractivity contribution in [2.24, 2.45) is 0 Å². The third kappa shape index (κ3) is 4.70. The maximum atomic E-state index is 13.9. The first-order valence-corrected chi connectivity index (χ1v) is 10.9. The average Bonchev–Trinajstić information content (AvgIpc) is 3.13. The molecule has 4 rings (SSSR count). The number of amides is 2. The number of halogens is 3. The Labute approximate surface area is 191 Å². The van der Waals surface area contributed by atoms with Crippen LogP contribution >= 0.6 is 11.8 Å². The van der Waals surface area contributed by atoms with E-state index in [0.29, 0.717) is 10.6 Å². The van der Waals surface area contributed by atoms with Gasteiger partial charge in [-0.1, -0.05) is 41.6 Å². The molecule has 3 aromatic rings. The van der Waals surface area contributed by atoms with Crippen molar-refractivity contribution in [3.05, 3.63) is 53.6 Å². The van der Waals surface area contributed by atoms with Gasteiger partial charge in [0.2, 0.25) is 17.0 Å². The van der Waals surface area contributed by atoms with Gasteiger partial charge in [0.1, 0.15) is 6.04 Å². The Hall–Kier alpha value is -3.41. The molecule has 12 heteroatoms. The molecule has 172 valence electrons. The van der Waals surface area contributed by atoms with E-state index < -0.39 is 30.5 Å². The van der Waals surface area contributed by atoms with Crippen LogP contribution in [-0.4, -0.2) is 50.0 Å². The first kappa shape index (κ1) is 22.8. The number of carbonyl (C=O) groups is 2. The summed E-state index contributed by atoms with van der Waals surface area (Å²) in [6, 6.07) is 9.29. The molecule has 0 saturated heterocycles. The third-order valence-electron chi connectivity index (χ3n) is 5.12. The van der Waals surface area contributed by atoms with Gasteiger partial charge in [0.05, 0.1) is 29.2 Å². The minimum absolute atomic E-state index is 0.00903. The van der Waals surface area contributed by atoms with E-state index in [1.807, 2.05) is 32.0 Å². The Morgan fingerprint density at radius 3 is 2.67 bits per heavy atom. The second kappa shape index (κ2) is 8.85. The van der Waals surface area contributed by atoms with E-state index in [2.05, 4.69) is 20.8 Å². The van der Waals surface area contributed by atoms with Crippen molar-refractivity contribution in [2.75, 3.05) is 16.0 Å². The Balaban J connectivity index is 1.63. The zero-order chi connectivity index (χ0) is 23.8. The van der Waals surface area contributed by atoms with Gasteiger partial charge in [-0.25, -0.2) is 0 Å². The lowest BCUT2D eigenvalue weighted by molar-refractivity contribution is -0.157. The van der Waals surface area contributed by atoms with E-state index in [1.165, 1.54) is 22.9 Å². The van der Waals surface area contributed by atoms with Crippen LogP contribution < -0.4 is 10.2 Å². The van der Waals surface area contributed by atoms with E-state index in [4.69, 9.17) is 0 Å². The predicted octanol–water partition coefficient (Wildman–Crippen LogP) is 3.68. The Kier molecular flexibility index (Phi) is 6.11. The number of benzene rings is 2. The second-order valence-corrected chi connectivity index (χ2v) is 8.48. The van der Waals surface area contributed by atoms with Gasteiger partial charge in [-0.3, -0.25) is 14.5 Å². The first-order valence-electron chi connectivity index (χ1n) is 9.91. The first-order chi connectivity index (χ1) is 15.6. The molecule has 0 radical (unpaired) electrons. The number of alkyl halides is 3. The van der Waals surface area contributed by atoms with E-state index in [0.717, 1.165) is 22.9 Å². The number of carbonyl (C=O) groups excluding carboxylic acids is 2. The Morgan fingerprint density at radius 2 is 1.94 bits per heavy atom. The number of aromatic nitrogens is 4. The van der Waals surface area contributed by atoms with Crippen LogP contribution in [0.25, 0.3) is 5.69 Å². The number of thioether (sulfide) groups is 1. The van der Waals surface area contributed by atoms with Crippen LogP contribution in [0.5, 0.6) is 0 Å². The lowest BCUT2D eigenvalue weighted by atomic mass is 10.1. The van der Waals surface area contributed by atoms with E-state index >= 15 is 0 Å². The number of hydrogen-bond acceptors (Lipinski definition) is 6. The number of nitrogens with one attached hydrogen (secondary N) is 1. The highest BCUT2D eigenvalue weighted by molar-refractivity contribution is 7.99. The topological polar surface area (TPSA) is 93.0 Å². The van der Waals surface area contributed by atoms with Crippen molar-refractivity contribution < 1.29 is 22.8 Å².